The van der Waals surface area contributed by atoms with Gasteiger partial charge >= 0.3 is 5.97 Å². The molecule has 25 heavy (non-hydrogen) atoms. The number of benzene rings is 2. The van der Waals surface area contributed by atoms with Crippen LogP contribution in [0.25, 0.3) is 10.9 Å². The molecular formula is C20H20N2O3. The van der Waals surface area contributed by atoms with E-state index in [1.807, 2.05) is 48.7 Å². The number of carbonyl (C=O) groups is 2. The van der Waals surface area contributed by atoms with E-state index < -0.39 is 6.10 Å². The van der Waals surface area contributed by atoms with Gasteiger partial charge in [0.05, 0.1) is 0 Å². The van der Waals surface area contributed by atoms with Crippen molar-refractivity contribution in [3.8, 4) is 0 Å². The minimum atomic E-state index is -0.837. The highest BCUT2D eigenvalue weighted by molar-refractivity contribution is 5.95. The van der Waals surface area contributed by atoms with Crippen LogP contribution in [0, 0.1) is 0 Å². The number of hydrogen-bond acceptors (Lipinski definition) is 3. The summed E-state index contributed by atoms with van der Waals surface area (Å²) in [7, 11) is 0. The number of fused-ring (bicyclic) bond motifs is 1. The van der Waals surface area contributed by atoms with Crippen LogP contribution in [0.1, 0.15) is 18.9 Å². The Bertz CT molecular complexity index is 871. The van der Waals surface area contributed by atoms with Crippen molar-refractivity contribution in [1.29, 1.82) is 0 Å². The van der Waals surface area contributed by atoms with Gasteiger partial charge < -0.3 is 15.0 Å². The number of amides is 1. The van der Waals surface area contributed by atoms with Crippen molar-refractivity contribution < 1.29 is 14.3 Å². The van der Waals surface area contributed by atoms with Crippen molar-refractivity contribution in [2.24, 2.45) is 0 Å². The van der Waals surface area contributed by atoms with E-state index in [0.717, 1.165) is 16.5 Å². The van der Waals surface area contributed by atoms with Gasteiger partial charge in [-0.25, -0.2) is 0 Å². The Morgan fingerprint density at radius 3 is 2.60 bits per heavy atom. The summed E-state index contributed by atoms with van der Waals surface area (Å²) in [5.74, 6) is -0.729. The fraction of sp³-hybridized carbons (Fsp3) is 0.200. The number of esters is 1. The van der Waals surface area contributed by atoms with Crippen molar-refractivity contribution in [3.05, 3.63) is 66.4 Å². The molecule has 0 saturated heterocycles. The third-order valence-corrected chi connectivity index (χ3v) is 3.99. The first-order chi connectivity index (χ1) is 12.1. The first-order valence-electron chi connectivity index (χ1n) is 8.24. The fourth-order valence-corrected chi connectivity index (χ4v) is 2.65. The SMILES string of the molecule is C[C@H](OC(=O)CCc1c[nH]c2ccccc12)C(=O)Nc1ccccc1. The molecule has 2 N–H and O–H groups in total. The van der Waals surface area contributed by atoms with Crippen LogP contribution in [-0.4, -0.2) is 23.0 Å². The molecule has 5 heteroatoms. The Morgan fingerprint density at radius 1 is 1.08 bits per heavy atom. The van der Waals surface area contributed by atoms with Gasteiger partial charge in [0.25, 0.3) is 5.91 Å². The van der Waals surface area contributed by atoms with Gasteiger partial charge in [-0.1, -0.05) is 36.4 Å². The second kappa shape index (κ2) is 7.66. The molecule has 2 aromatic carbocycles. The van der Waals surface area contributed by atoms with Crippen LogP contribution in [0.2, 0.25) is 0 Å². The third kappa shape index (κ3) is 4.26. The van der Waals surface area contributed by atoms with Crippen molar-refractivity contribution in [2.45, 2.75) is 25.9 Å². The van der Waals surface area contributed by atoms with E-state index in [0.29, 0.717) is 12.1 Å². The number of nitrogens with one attached hydrogen (secondary N) is 2. The molecule has 5 nitrogen and oxygen atoms in total. The molecule has 0 fully saturated rings. The Morgan fingerprint density at radius 2 is 1.80 bits per heavy atom. The maximum absolute atomic E-state index is 12.1. The summed E-state index contributed by atoms with van der Waals surface area (Å²) in [6.45, 7) is 1.57. The van der Waals surface area contributed by atoms with Gasteiger partial charge in [-0.3, -0.25) is 9.59 Å². The summed E-state index contributed by atoms with van der Waals surface area (Å²) in [6.07, 6.45) is 1.86. The summed E-state index contributed by atoms with van der Waals surface area (Å²) in [4.78, 5) is 27.3. The third-order valence-electron chi connectivity index (χ3n) is 3.99. The number of aryl methyl sites for hydroxylation is 1. The molecule has 3 aromatic rings. The largest absolute Gasteiger partial charge is 0.453 e. The Hall–Kier alpha value is -3.08. The molecule has 1 aromatic heterocycles. The van der Waals surface area contributed by atoms with E-state index in [1.165, 1.54) is 0 Å². The monoisotopic (exact) mass is 336 g/mol. The van der Waals surface area contributed by atoms with E-state index in [1.54, 1.807) is 19.1 Å². The van der Waals surface area contributed by atoms with Crippen LogP contribution in [-0.2, 0) is 20.7 Å². The van der Waals surface area contributed by atoms with Gasteiger partial charge in [0.15, 0.2) is 6.10 Å². The lowest BCUT2D eigenvalue weighted by atomic mass is 10.1. The lowest BCUT2D eigenvalue weighted by molar-refractivity contribution is -0.153. The molecular weight excluding hydrogens is 316 g/mol. The topological polar surface area (TPSA) is 71.2 Å². The Kier molecular flexibility index (Phi) is 5.14. The maximum atomic E-state index is 12.1. The molecule has 0 aliphatic heterocycles. The van der Waals surface area contributed by atoms with Gasteiger partial charge in [0.2, 0.25) is 0 Å². The first kappa shape index (κ1) is 16.8. The second-order valence-electron chi connectivity index (χ2n) is 5.85. The van der Waals surface area contributed by atoms with E-state index in [9.17, 15) is 9.59 Å². The number of carbonyl (C=O) groups excluding carboxylic acids is 2. The standard InChI is InChI=1S/C20H20N2O3/c1-14(20(24)22-16-7-3-2-4-8-16)25-19(23)12-11-15-13-21-18-10-6-5-9-17(15)18/h2-10,13-14,21H,11-12H2,1H3,(H,22,24)/t14-/m0/s1. The molecule has 3 rings (SSSR count). The van der Waals surface area contributed by atoms with Gasteiger partial charge in [-0.05, 0) is 37.1 Å². The molecule has 128 valence electrons. The summed E-state index contributed by atoms with van der Waals surface area (Å²) in [5.41, 5.74) is 2.78. The number of H-pyrrole nitrogens is 1. The van der Waals surface area contributed by atoms with E-state index >= 15 is 0 Å². The molecule has 1 heterocycles. The lowest BCUT2D eigenvalue weighted by Crippen LogP contribution is -2.30. The molecule has 1 atom stereocenters. The quantitative estimate of drug-likeness (QED) is 0.675. The Labute approximate surface area is 146 Å². The zero-order valence-electron chi connectivity index (χ0n) is 14.0. The van der Waals surface area contributed by atoms with Gasteiger partial charge in [-0.15, -0.1) is 0 Å². The number of anilines is 1. The van der Waals surface area contributed by atoms with Crippen molar-refractivity contribution in [2.75, 3.05) is 5.32 Å². The highest BCUT2D eigenvalue weighted by Gasteiger charge is 2.18. The minimum absolute atomic E-state index is 0.227. The zero-order chi connectivity index (χ0) is 17.6. The average molecular weight is 336 g/mol. The highest BCUT2D eigenvalue weighted by atomic mass is 16.5. The number of para-hydroxylation sites is 2. The summed E-state index contributed by atoms with van der Waals surface area (Å²) >= 11 is 0. The molecule has 0 spiro atoms. The predicted molar refractivity (Wildman–Crippen MR) is 97.2 cm³/mol. The molecule has 1 amide bonds. The van der Waals surface area contributed by atoms with Crippen molar-refractivity contribution in [1.82, 2.24) is 4.98 Å². The normalized spacial score (nSPS) is 11.9. The van der Waals surface area contributed by atoms with Crippen molar-refractivity contribution in [3.63, 3.8) is 0 Å². The molecule has 0 aliphatic carbocycles. The van der Waals surface area contributed by atoms with Crippen LogP contribution in [0.5, 0.6) is 0 Å². The number of hydrogen-bond donors (Lipinski definition) is 2. The lowest BCUT2D eigenvalue weighted by Gasteiger charge is -2.13. The molecule has 0 aliphatic rings. The van der Waals surface area contributed by atoms with Gasteiger partial charge in [-0.2, -0.15) is 0 Å². The minimum Gasteiger partial charge on any atom is -0.453 e. The predicted octanol–water partition coefficient (Wildman–Crippen LogP) is 3.67. The second-order valence-corrected chi connectivity index (χ2v) is 5.85. The fourth-order valence-electron chi connectivity index (χ4n) is 2.65. The maximum Gasteiger partial charge on any atom is 0.306 e. The molecule has 0 bridgehead atoms. The zero-order valence-corrected chi connectivity index (χ0v) is 14.0. The van der Waals surface area contributed by atoms with E-state index in [4.69, 9.17) is 4.74 Å². The van der Waals surface area contributed by atoms with Crippen molar-refractivity contribution >= 4 is 28.5 Å². The van der Waals surface area contributed by atoms with Crippen LogP contribution in [0.15, 0.2) is 60.8 Å². The molecule has 0 radical (unpaired) electrons. The molecule has 0 unspecified atom stereocenters. The van der Waals surface area contributed by atoms with Gasteiger partial charge in [0.1, 0.15) is 0 Å². The van der Waals surface area contributed by atoms with Crippen LogP contribution in [0.4, 0.5) is 5.69 Å². The highest BCUT2D eigenvalue weighted by Crippen LogP contribution is 2.19. The summed E-state index contributed by atoms with van der Waals surface area (Å²) < 4.78 is 5.23. The summed E-state index contributed by atoms with van der Waals surface area (Å²) in [5, 5.41) is 3.82. The number of rotatable bonds is 6. The summed E-state index contributed by atoms with van der Waals surface area (Å²) in [6, 6.07) is 17.0. The number of aromatic nitrogens is 1. The van der Waals surface area contributed by atoms with Gasteiger partial charge in [0, 0.05) is 29.2 Å². The van der Waals surface area contributed by atoms with Crippen LogP contribution < -0.4 is 5.32 Å². The molecule has 0 saturated carbocycles. The number of ether oxygens (including phenoxy) is 1. The first-order valence-corrected chi connectivity index (χ1v) is 8.24. The smallest absolute Gasteiger partial charge is 0.306 e. The Balaban J connectivity index is 1.51. The number of aromatic amines is 1. The van der Waals surface area contributed by atoms with E-state index in [-0.39, 0.29) is 18.3 Å². The average Bonchev–Trinajstić information content (AvgIpc) is 3.04. The van der Waals surface area contributed by atoms with E-state index in [2.05, 4.69) is 10.3 Å². The van der Waals surface area contributed by atoms with Crippen LogP contribution in [0.3, 0.4) is 0 Å². The van der Waals surface area contributed by atoms with Crippen LogP contribution >= 0.6 is 0 Å².